The number of amides is 1. The highest BCUT2D eigenvalue weighted by atomic mass is 32.2. The van der Waals surface area contributed by atoms with E-state index in [9.17, 15) is 13.2 Å². The van der Waals surface area contributed by atoms with Gasteiger partial charge in [-0.2, -0.15) is 0 Å². The number of sulfonamides is 1. The van der Waals surface area contributed by atoms with Crippen LogP contribution in [0.25, 0.3) is 0 Å². The SMILES string of the molecule is Cc1ccc(S(=O)(=O)NCCCNC(=O)c2ocnc2C)cc1. The zero-order valence-electron chi connectivity index (χ0n) is 13.0. The van der Waals surface area contributed by atoms with Gasteiger partial charge in [-0.25, -0.2) is 18.1 Å². The highest BCUT2D eigenvalue weighted by Crippen LogP contribution is 2.09. The fraction of sp³-hybridized carbons (Fsp3) is 0.333. The Hall–Kier alpha value is -2.19. The minimum atomic E-state index is -3.52. The minimum Gasteiger partial charge on any atom is -0.438 e. The van der Waals surface area contributed by atoms with Crippen molar-refractivity contribution in [2.45, 2.75) is 25.2 Å². The van der Waals surface area contributed by atoms with Crippen molar-refractivity contribution in [3.63, 3.8) is 0 Å². The van der Waals surface area contributed by atoms with Gasteiger partial charge in [0.05, 0.1) is 10.6 Å². The molecule has 0 saturated carbocycles. The lowest BCUT2D eigenvalue weighted by molar-refractivity contribution is 0.0925. The molecule has 124 valence electrons. The lowest BCUT2D eigenvalue weighted by Crippen LogP contribution is -2.30. The molecule has 23 heavy (non-hydrogen) atoms. The number of oxazole rings is 1. The van der Waals surface area contributed by atoms with Crippen molar-refractivity contribution in [3.8, 4) is 0 Å². The number of hydrogen-bond acceptors (Lipinski definition) is 5. The van der Waals surface area contributed by atoms with Crippen LogP contribution in [0.15, 0.2) is 40.0 Å². The Kier molecular flexibility index (Phi) is 5.51. The van der Waals surface area contributed by atoms with Crippen LogP contribution >= 0.6 is 0 Å². The van der Waals surface area contributed by atoms with Gasteiger partial charge >= 0.3 is 0 Å². The van der Waals surface area contributed by atoms with Crippen LogP contribution in [-0.4, -0.2) is 32.4 Å². The van der Waals surface area contributed by atoms with Crippen LogP contribution in [0.5, 0.6) is 0 Å². The first-order valence-corrected chi connectivity index (χ1v) is 8.63. The smallest absolute Gasteiger partial charge is 0.288 e. The predicted octanol–water partition coefficient (Wildman–Crippen LogP) is 1.39. The maximum atomic E-state index is 12.1. The first kappa shape index (κ1) is 17.2. The van der Waals surface area contributed by atoms with E-state index in [1.807, 2.05) is 6.92 Å². The zero-order chi connectivity index (χ0) is 16.9. The third-order valence-electron chi connectivity index (χ3n) is 3.21. The second kappa shape index (κ2) is 7.38. The van der Waals surface area contributed by atoms with Crippen LogP contribution in [0.2, 0.25) is 0 Å². The van der Waals surface area contributed by atoms with Crippen molar-refractivity contribution in [1.29, 1.82) is 0 Å². The van der Waals surface area contributed by atoms with Crippen molar-refractivity contribution < 1.29 is 17.6 Å². The molecule has 0 unspecified atom stereocenters. The molecule has 1 heterocycles. The summed E-state index contributed by atoms with van der Waals surface area (Å²) < 4.78 is 31.6. The maximum absolute atomic E-state index is 12.1. The largest absolute Gasteiger partial charge is 0.438 e. The van der Waals surface area contributed by atoms with Gasteiger partial charge in [0.1, 0.15) is 0 Å². The molecule has 8 heteroatoms. The maximum Gasteiger partial charge on any atom is 0.288 e. The average molecular weight is 337 g/mol. The molecule has 0 aliphatic carbocycles. The number of carbonyl (C=O) groups excluding carboxylic acids is 1. The van der Waals surface area contributed by atoms with Gasteiger partial charge in [0, 0.05) is 13.1 Å². The number of benzene rings is 1. The monoisotopic (exact) mass is 337 g/mol. The second-order valence-electron chi connectivity index (χ2n) is 5.09. The third kappa shape index (κ3) is 4.64. The Labute approximate surface area is 135 Å². The van der Waals surface area contributed by atoms with Gasteiger partial charge in [0.2, 0.25) is 15.8 Å². The third-order valence-corrected chi connectivity index (χ3v) is 4.69. The summed E-state index contributed by atoms with van der Waals surface area (Å²) in [6.07, 6.45) is 1.67. The van der Waals surface area contributed by atoms with Gasteiger partial charge in [-0.1, -0.05) is 17.7 Å². The molecule has 0 fully saturated rings. The summed E-state index contributed by atoms with van der Waals surface area (Å²) in [5.74, 6) is -0.188. The van der Waals surface area contributed by atoms with Crippen molar-refractivity contribution in [3.05, 3.63) is 47.7 Å². The van der Waals surface area contributed by atoms with E-state index in [1.165, 1.54) is 6.39 Å². The zero-order valence-corrected chi connectivity index (χ0v) is 13.8. The Bertz CT molecular complexity index is 766. The van der Waals surface area contributed by atoms with Gasteiger partial charge < -0.3 is 9.73 Å². The van der Waals surface area contributed by atoms with E-state index in [1.54, 1.807) is 31.2 Å². The fourth-order valence-electron chi connectivity index (χ4n) is 1.90. The number of aromatic nitrogens is 1. The Morgan fingerprint density at radius 1 is 1.17 bits per heavy atom. The van der Waals surface area contributed by atoms with Gasteiger partial charge in [-0.15, -0.1) is 0 Å². The number of aryl methyl sites for hydroxylation is 2. The second-order valence-corrected chi connectivity index (χ2v) is 6.85. The molecular weight excluding hydrogens is 318 g/mol. The molecule has 0 aliphatic heterocycles. The van der Waals surface area contributed by atoms with Crippen LogP contribution in [0.1, 0.15) is 28.2 Å². The molecule has 0 aliphatic rings. The van der Waals surface area contributed by atoms with Crippen LogP contribution in [0, 0.1) is 13.8 Å². The van der Waals surface area contributed by atoms with E-state index in [2.05, 4.69) is 15.0 Å². The van der Waals surface area contributed by atoms with Crippen molar-refractivity contribution in [1.82, 2.24) is 15.0 Å². The molecule has 0 radical (unpaired) electrons. The number of hydrogen-bond donors (Lipinski definition) is 2. The number of carbonyl (C=O) groups is 1. The molecule has 0 spiro atoms. The van der Waals surface area contributed by atoms with Gasteiger partial charge in [0.15, 0.2) is 6.39 Å². The van der Waals surface area contributed by atoms with E-state index < -0.39 is 10.0 Å². The van der Waals surface area contributed by atoms with E-state index in [-0.39, 0.29) is 23.1 Å². The van der Waals surface area contributed by atoms with Crippen LogP contribution in [-0.2, 0) is 10.0 Å². The molecule has 2 aromatic rings. The fourth-order valence-corrected chi connectivity index (χ4v) is 2.97. The first-order valence-electron chi connectivity index (χ1n) is 7.15. The highest BCUT2D eigenvalue weighted by molar-refractivity contribution is 7.89. The van der Waals surface area contributed by atoms with Crippen LogP contribution in [0.3, 0.4) is 0 Å². The molecule has 1 aromatic carbocycles. The number of nitrogens with zero attached hydrogens (tertiary/aromatic N) is 1. The summed E-state index contributed by atoms with van der Waals surface area (Å²) in [5, 5.41) is 2.65. The van der Waals surface area contributed by atoms with Crippen LogP contribution < -0.4 is 10.0 Å². The van der Waals surface area contributed by atoms with Crippen LogP contribution in [0.4, 0.5) is 0 Å². The number of rotatable bonds is 7. The van der Waals surface area contributed by atoms with Crippen molar-refractivity contribution >= 4 is 15.9 Å². The normalized spacial score (nSPS) is 11.4. The molecule has 7 nitrogen and oxygen atoms in total. The summed E-state index contributed by atoms with van der Waals surface area (Å²) in [6, 6.07) is 6.61. The molecule has 0 bridgehead atoms. The quantitative estimate of drug-likeness (QED) is 0.744. The summed E-state index contributed by atoms with van der Waals surface area (Å²) in [5.41, 5.74) is 1.51. The summed E-state index contributed by atoms with van der Waals surface area (Å²) in [6.45, 7) is 4.12. The average Bonchev–Trinajstić information content (AvgIpc) is 2.93. The van der Waals surface area contributed by atoms with E-state index in [0.717, 1.165) is 5.56 Å². The summed E-state index contributed by atoms with van der Waals surface area (Å²) in [4.78, 5) is 15.8. The first-order chi connectivity index (χ1) is 10.9. The molecule has 1 amide bonds. The Morgan fingerprint density at radius 3 is 2.48 bits per heavy atom. The predicted molar refractivity (Wildman–Crippen MR) is 84.6 cm³/mol. The van der Waals surface area contributed by atoms with Gasteiger partial charge in [-0.05, 0) is 32.4 Å². The van der Waals surface area contributed by atoms with Gasteiger partial charge in [-0.3, -0.25) is 4.79 Å². The van der Waals surface area contributed by atoms with E-state index >= 15 is 0 Å². The number of nitrogens with one attached hydrogen (secondary N) is 2. The lowest BCUT2D eigenvalue weighted by Gasteiger charge is -2.07. The lowest BCUT2D eigenvalue weighted by atomic mass is 10.2. The van der Waals surface area contributed by atoms with E-state index in [0.29, 0.717) is 18.7 Å². The molecule has 0 saturated heterocycles. The molecule has 1 aromatic heterocycles. The highest BCUT2D eigenvalue weighted by Gasteiger charge is 2.14. The summed E-state index contributed by atoms with van der Waals surface area (Å²) in [7, 11) is -3.52. The molecule has 0 atom stereocenters. The molecule has 2 rings (SSSR count). The topological polar surface area (TPSA) is 101 Å². The summed E-state index contributed by atoms with van der Waals surface area (Å²) >= 11 is 0. The van der Waals surface area contributed by atoms with E-state index in [4.69, 9.17) is 4.42 Å². The minimum absolute atomic E-state index is 0.172. The molecule has 2 N–H and O–H groups in total. The standard InChI is InChI=1S/C15H19N3O4S/c1-11-4-6-13(7-5-11)23(20,21)18-9-3-8-16-15(19)14-12(2)17-10-22-14/h4-7,10,18H,3,8-9H2,1-2H3,(H,16,19). The van der Waals surface area contributed by atoms with Crippen molar-refractivity contribution in [2.24, 2.45) is 0 Å². The van der Waals surface area contributed by atoms with Gasteiger partial charge in [0.25, 0.3) is 5.91 Å². The Morgan fingerprint density at radius 2 is 1.87 bits per heavy atom. The van der Waals surface area contributed by atoms with Crippen molar-refractivity contribution in [2.75, 3.05) is 13.1 Å². The Balaban J connectivity index is 1.76. The molecular formula is C15H19N3O4S.